The van der Waals surface area contributed by atoms with Crippen LogP contribution in [0.5, 0.6) is 5.75 Å². The summed E-state index contributed by atoms with van der Waals surface area (Å²) < 4.78 is 32.2. The van der Waals surface area contributed by atoms with Gasteiger partial charge in [-0.1, -0.05) is 6.42 Å². The second kappa shape index (κ2) is 6.58. The molecule has 0 radical (unpaired) electrons. The highest BCUT2D eigenvalue weighted by Gasteiger charge is 2.33. The number of ether oxygens (including phenoxy) is 1. The van der Waals surface area contributed by atoms with E-state index in [4.69, 9.17) is 4.74 Å². The summed E-state index contributed by atoms with van der Waals surface area (Å²) in [5.41, 5.74) is 0.776. The molecule has 2 rings (SSSR count). The number of hydrogen-bond donors (Lipinski definition) is 0. The van der Waals surface area contributed by atoms with Gasteiger partial charge in [-0.05, 0) is 50.5 Å². The van der Waals surface area contributed by atoms with Crippen LogP contribution < -0.4 is 4.74 Å². The highest BCUT2D eigenvalue weighted by atomic mass is 32.2. The van der Waals surface area contributed by atoms with Crippen LogP contribution in [0.2, 0.25) is 0 Å². The van der Waals surface area contributed by atoms with Crippen molar-refractivity contribution >= 4 is 16.3 Å². The molecule has 0 N–H and O–H groups in total. The highest BCUT2D eigenvalue weighted by Crippen LogP contribution is 2.27. The van der Waals surface area contributed by atoms with E-state index >= 15 is 0 Å². The molecule has 1 fully saturated rings. The van der Waals surface area contributed by atoms with E-state index in [-0.39, 0.29) is 4.90 Å². The molecule has 0 bridgehead atoms. The Morgan fingerprint density at radius 3 is 2.76 bits per heavy atom. The first kappa shape index (κ1) is 16.0. The van der Waals surface area contributed by atoms with Crippen molar-refractivity contribution in [3.8, 4) is 5.75 Å². The maximum absolute atomic E-state index is 12.7. The van der Waals surface area contributed by atoms with E-state index in [1.807, 2.05) is 13.8 Å². The monoisotopic (exact) mass is 311 g/mol. The standard InChI is InChI=1S/C15H21NO4S/c1-3-20-15-8-7-14(10-12(15)2)21(18,19)16-9-5-4-6-13(16)11-17/h7-8,10-11,13H,3-6,9H2,1-2H3. The molecule has 1 aromatic carbocycles. The number of sulfonamides is 1. The zero-order valence-corrected chi connectivity index (χ0v) is 13.2. The summed E-state index contributed by atoms with van der Waals surface area (Å²) in [7, 11) is -3.63. The van der Waals surface area contributed by atoms with Crippen LogP contribution in [0, 0.1) is 6.92 Å². The van der Waals surface area contributed by atoms with Crippen LogP contribution in [-0.4, -0.2) is 38.2 Å². The van der Waals surface area contributed by atoms with Gasteiger partial charge in [0.25, 0.3) is 0 Å². The molecular formula is C15H21NO4S. The van der Waals surface area contributed by atoms with E-state index in [2.05, 4.69) is 0 Å². The molecule has 0 aliphatic carbocycles. The Balaban J connectivity index is 2.34. The van der Waals surface area contributed by atoms with Gasteiger partial charge in [-0.15, -0.1) is 0 Å². The van der Waals surface area contributed by atoms with Gasteiger partial charge in [0.1, 0.15) is 12.0 Å². The molecule has 1 aliphatic rings. The van der Waals surface area contributed by atoms with E-state index in [9.17, 15) is 13.2 Å². The topological polar surface area (TPSA) is 63.7 Å². The molecular weight excluding hydrogens is 290 g/mol. The lowest BCUT2D eigenvalue weighted by Gasteiger charge is -2.31. The minimum atomic E-state index is -3.63. The molecule has 1 aliphatic heterocycles. The summed E-state index contributed by atoms with van der Waals surface area (Å²) in [4.78, 5) is 11.3. The number of aryl methyl sites for hydroxylation is 1. The molecule has 21 heavy (non-hydrogen) atoms. The molecule has 0 amide bonds. The predicted molar refractivity (Wildman–Crippen MR) is 79.9 cm³/mol. The van der Waals surface area contributed by atoms with Gasteiger partial charge in [0, 0.05) is 6.54 Å². The lowest BCUT2D eigenvalue weighted by atomic mass is 10.1. The first-order chi connectivity index (χ1) is 10.0. The van der Waals surface area contributed by atoms with Crippen molar-refractivity contribution in [3.05, 3.63) is 23.8 Å². The first-order valence-corrected chi connectivity index (χ1v) is 8.65. The quantitative estimate of drug-likeness (QED) is 0.782. The van der Waals surface area contributed by atoms with Crippen molar-refractivity contribution in [2.45, 2.75) is 44.0 Å². The number of carbonyl (C=O) groups excluding carboxylic acids is 1. The van der Waals surface area contributed by atoms with Gasteiger partial charge in [-0.2, -0.15) is 4.31 Å². The van der Waals surface area contributed by atoms with Gasteiger partial charge >= 0.3 is 0 Å². The van der Waals surface area contributed by atoms with E-state index in [0.717, 1.165) is 24.7 Å². The van der Waals surface area contributed by atoms with Crippen LogP contribution in [0.25, 0.3) is 0 Å². The van der Waals surface area contributed by atoms with E-state index in [1.165, 1.54) is 4.31 Å². The zero-order chi connectivity index (χ0) is 15.5. The second-order valence-corrected chi connectivity index (χ2v) is 7.07. The van der Waals surface area contributed by atoms with E-state index < -0.39 is 16.1 Å². The lowest BCUT2D eigenvalue weighted by Crippen LogP contribution is -2.44. The minimum Gasteiger partial charge on any atom is -0.494 e. The number of carbonyl (C=O) groups is 1. The summed E-state index contributed by atoms with van der Waals surface area (Å²) in [6.45, 7) is 4.63. The molecule has 1 heterocycles. The van der Waals surface area contributed by atoms with Crippen LogP contribution >= 0.6 is 0 Å². The Morgan fingerprint density at radius 1 is 1.38 bits per heavy atom. The first-order valence-electron chi connectivity index (χ1n) is 7.21. The summed E-state index contributed by atoms with van der Waals surface area (Å²) in [5.74, 6) is 0.682. The Bertz CT molecular complexity index is 612. The van der Waals surface area contributed by atoms with Crippen molar-refractivity contribution in [1.29, 1.82) is 0 Å². The molecule has 0 aromatic heterocycles. The van der Waals surface area contributed by atoms with E-state index in [1.54, 1.807) is 18.2 Å². The third-order valence-corrected chi connectivity index (χ3v) is 5.63. The number of hydrogen-bond acceptors (Lipinski definition) is 4. The Kier molecular flexibility index (Phi) is 5.00. The summed E-state index contributed by atoms with van der Waals surface area (Å²) in [6, 6.07) is 4.28. The van der Waals surface area contributed by atoms with Crippen molar-refractivity contribution in [2.24, 2.45) is 0 Å². The molecule has 1 saturated heterocycles. The fraction of sp³-hybridized carbons (Fsp3) is 0.533. The summed E-state index contributed by atoms with van der Waals surface area (Å²) >= 11 is 0. The predicted octanol–water partition coefficient (Wildman–Crippen LogP) is 2.14. The fourth-order valence-corrected chi connectivity index (χ4v) is 4.32. The molecule has 6 heteroatoms. The molecule has 0 spiro atoms. The minimum absolute atomic E-state index is 0.220. The third-order valence-electron chi connectivity index (χ3n) is 3.71. The number of rotatable bonds is 5. The molecule has 116 valence electrons. The fourth-order valence-electron chi connectivity index (χ4n) is 2.60. The van der Waals surface area contributed by atoms with Crippen LogP contribution in [-0.2, 0) is 14.8 Å². The molecule has 1 atom stereocenters. The van der Waals surface area contributed by atoms with Crippen LogP contribution in [0.3, 0.4) is 0 Å². The zero-order valence-electron chi connectivity index (χ0n) is 12.4. The van der Waals surface area contributed by atoms with Crippen molar-refractivity contribution in [1.82, 2.24) is 4.31 Å². The maximum atomic E-state index is 12.7. The average Bonchev–Trinajstić information content (AvgIpc) is 2.49. The Morgan fingerprint density at radius 2 is 2.14 bits per heavy atom. The van der Waals surface area contributed by atoms with Gasteiger partial charge < -0.3 is 9.53 Å². The molecule has 0 saturated carbocycles. The molecule has 1 unspecified atom stereocenters. The largest absolute Gasteiger partial charge is 0.494 e. The van der Waals surface area contributed by atoms with Gasteiger partial charge in [0.2, 0.25) is 10.0 Å². The third kappa shape index (κ3) is 3.27. The van der Waals surface area contributed by atoms with Crippen molar-refractivity contribution in [2.75, 3.05) is 13.2 Å². The van der Waals surface area contributed by atoms with Crippen LogP contribution in [0.4, 0.5) is 0 Å². The molecule has 1 aromatic rings. The molecule has 5 nitrogen and oxygen atoms in total. The van der Waals surface area contributed by atoms with E-state index in [0.29, 0.717) is 25.3 Å². The SMILES string of the molecule is CCOc1ccc(S(=O)(=O)N2CCCCC2C=O)cc1C. The number of benzene rings is 1. The van der Waals surface area contributed by atoms with Gasteiger partial charge in [0.05, 0.1) is 17.5 Å². The summed E-state index contributed by atoms with van der Waals surface area (Å²) in [5, 5.41) is 0. The Hall–Kier alpha value is -1.40. The van der Waals surface area contributed by atoms with Gasteiger partial charge in [-0.25, -0.2) is 8.42 Å². The second-order valence-electron chi connectivity index (χ2n) is 5.18. The van der Waals surface area contributed by atoms with Crippen molar-refractivity contribution < 1.29 is 17.9 Å². The number of aldehydes is 1. The lowest BCUT2D eigenvalue weighted by molar-refractivity contribution is -0.111. The van der Waals surface area contributed by atoms with Crippen LogP contribution in [0.1, 0.15) is 31.7 Å². The van der Waals surface area contributed by atoms with Gasteiger partial charge in [-0.3, -0.25) is 0 Å². The Labute approximate surface area is 126 Å². The maximum Gasteiger partial charge on any atom is 0.243 e. The number of piperidine rings is 1. The summed E-state index contributed by atoms with van der Waals surface area (Å²) in [6.07, 6.45) is 3.01. The van der Waals surface area contributed by atoms with Crippen LogP contribution in [0.15, 0.2) is 23.1 Å². The smallest absolute Gasteiger partial charge is 0.243 e. The van der Waals surface area contributed by atoms with Gasteiger partial charge in [0.15, 0.2) is 0 Å². The average molecular weight is 311 g/mol. The normalized spacial score (nSPS) is 20.2. The van der Waals surface area contributed by atoms with Crippen molar-refractivity contribution in [3.63, 3.8) is 0 Å². The highest BCUT2D eigenvalue weighted by molar-refractivity contribution is 7.89. The number of nitrogens with zero attached hydrogens (tertiary/aromatic N) is 1.